The van der Waals surface area contributed by atoms with Gasteiger partial charge < -0.3 is 4.84 Å². The Hall–Kier alpha value is -0.340. The highest BCUT2D eigenvalue weighted by Crippen LogP contribution is 1.87. The SMILES string of the molecule is CC=C(C)CON. The first-order valence-electron chi connectivity index (χ1n) is 2.24. The molecule has 2 nitrogen and oxygen atoms in total. The van der Waals surface area contributed by atoms with E-state index in [2.05, 4.69) is 4.84 Å². The lowest BCUT2D eigenvalue weighted by atomic mass is 10.3. The minimum Gasteiger partial charge on any atom is -0.300 e. The number of nitrogens with two attached hydrogens (primary N) is 1. The van der Waals surface area contributed by atoms with Crippen molar-refractivity contribution in [3.05, 3.63) is 11.6 Å². The van der Waals surface area contributed by atoms with E-state index < -0.39 is 0 Å². The van der Waals surface area contributed by atoms with Crippen LogP contribution in [0, 0.1) is 0 Å². The van der Waals surface area contributed by atoms with Gasteiger partial charge in [0, 0.05) is 0 Å². The predicted octanol–water partition coefficient (Wildman–Crippen LogP) is 0.843. The van der Waals surface area contributed by atoms with Gasteiger partial charge in [-0.25, -0.2) is 5.90 Å². The summed E-state index contributed by atoms with van der Waals surface area (Å²) < 4.78 is 0. The van der Waals surface area contributed by atoms with Crippen molar-refractivity contribution in [2.24, 2.45) is 5.90 Å². The molecule has 0 bridgehead atoms. The first kappa shape index (κ1) is 6.66. The van der Waals surface area contributed by atoms with Crippen molar-refractivity contribution in [2.45, 2.75) is 13.8 Å². The standard InChI is InChI=1S/C5H11NO/c1-3-5(2)4-7-6/h3H,4,6H2,1-2H3. The van der Waals surface area contributed by atoms with Gasteiger partial charge in [0.1, 0.15) is 0 Å². The van der Waals surface area contributed by atoms with E-state index >= 15 is 0 Å². The summed E-state index contributed by atoms with van der Waals surface area (Å²) in [6.45, 7) is 4.46. The minimum atomic E-state index is 0.538. The van der Waals surface area contributed by atoms with Crippen LogP contribution in [0.1, 0.15) is 13.8 Å². The van der Waals surface area contributed by atoms with Gasteiger partial charge in [-0.1, -0.05) is 11.6 Å². The number of rotatable bonds is 2. The van der Waals surface area contributed by atoms with Crippen LogP contribution in [0.3, 0.4) is 0 Å². The quantitative estimate of drug-likeness (QED) is 0.413. The molecular weight excluding hydrogens is 90.1 g/mol. The molecule has 0 spiro atoms. The van der Waals surface area contributed by atoms with E-state index in [0.717, 1.165) is 5.57 Å². The first-order valence-corrected chi connectivity index (χ1v) is 2.24. The fraction of sp³-hybridized carbons (Fsp3) is 0.600. The van der Waals surface area contributed by atoms with Crippen molar-refractivity contribution in [3.63, 3.8) is 0 Å². The molecule has 2 heteroatoms. The Bertz CT molecular complexity index is 68.5. The Morgan fingerprint density at radius 1 is 1.86 bits per heavy atom. The van der Waals surface area contributed by atoms with Gasteiger partial charge in [0.15, 0.2) is 0 Å². The summed E-state index contributed by atoms with van der Waals surface area (Å²) in [5.41, 5.74) is 1.16. The maximum atomic E-state index is 4.76. The summed E-state index contributed by atoms with van der Waals surface area (Å²) in [6.07, 6.45) is 1.97. The molecule has 0 saturated carbocycles. The molecule has 0 heterocycles. The molecule has 0 aliphatic heterocycles. The van der Waals surface area contributed by atoms with Crippen LogP contribution in [-0.4, -0.2) is 6.61 Å². The zero-order valence-electron chi connectivity index (χ0n) is 4.77. The monoisotopic (exact) mass is 101 g/mol. The highest BCUT2D eigenvalue weighted by molar-refractivity contribution is 4.94. The summed E-state index contributed by atoms with van der Waals surface area (Å²) in [7, 11) is 0. The van der Waals surface area contributed by atoms with Crippen molar-refractivity contribution in [3.8, 4) is 0 Å². The van der Waals surface area contributed by atoms with E-state index in [-0.39, 0.29) is 0 Å². The molecule has 0 radical (unpaired) electrons. The molecule has 0 aromatic carbocycles. The van der Waals surface area contributed by atoms with E-state index in [0.29, 0.717) is 6.61 Å². The molecule has 0 fully saturated rings. The Morgan fingerprint density at radius 3 is 2.57 bits per heavy atom. The van der Waals surface area contributed by atoms with Crippen LogP contribution in [0.25, 0.3) is 0 Å². The molecule has 0 atom stereocenters. The van der Waals surface area contributed by atoms with Gasteiger partial charge in [-0.05, 0) is 13.8 Å². The minimum absolute atomic E-state index is 0.538. The Morgan fingerprint density at radius 2 is 2.43 bits per heavy atom. The maximum absolute atomic E-state index is 4.76. The van der Waals surface area contributed by atoms with Crippen molar-refractivity contribution in [1.82, 2.24) is 0 Å². The molecule has 0 saturated heterocycles. The van der Waals surface area contributed by atoms with Crippen molar-refractivity contribution < 1.29 is 4.84 Å². The summed E-state index contributed by atoms with van der Waals surface area (Å²) >= 11 is 0. The fourth-order valence-corrected chi connectivity index (χ4v) is 0.215. The van der Waals surface area contributed by atoms with Crippen molar-refractivity contribution in [1.29, 1.82) is 0 Å². The Labute approximate surface area is 43.9 Å². The Kier molecular flexibility index (Phi) is 3.65. The molecular formula is C5H11NO. The second-order valence-electron chi connectivity index (χ2n) is 1.45. The van der Waals surface area contributed by atoms with Gasteiger partial charge in [0.25, 0.3) is 0 Å². The third-order valence-corrected chi connectivity index (χ3v) is 0.804. The molecule has 0 aromatic heterocycles. The molecule has 7 heavy (non-hydrogen) atoms. The molecule has 0 unspecified atom stereocenters. The van der Waals surface area contributed by atoms with E-state index in [9.17, 15) is 0 Å². The van der Waals surface area contributed by atoms with E-state index in [1.54, 1.807) is 0 Å². The second-order valence-corrected chi connectivity index (χ2v) is 1.45. The zero-order chi connectivity index (χ0) is 5.70. The lowest BCUT2D eigenvalue weighted by Crippen LogP contribution is -2.00. The van der Waals surface area contributed by atoms with Gasteiger partial charge in [-0.15, -0.1) is 0 Å². The summed E-state index contributed by atoms with van der Waals surface area (Å²) in [5, 5.41) is 0. The van der Waals surface area contributed by atoms with E-state index in [1.807, 2.05) is 19.9 Å². The number of hydrogen-bond acceptors (Lipinski definition) is 2. The molecule has 0 aromatic rings. The number of allylic oxidation sites excluding steroid dienone is 1. The molecule has 0 aliphatic carbocycles. The maximum Gasteiger partial charge on any atom is 0.0887 e. The first-order chi connectivity index (χ1) is 3.31. The third kappa shape index (κ3) is 3.49. The largest absolute Gasteiger partial charge is 0.300 e. The van der Waals surface area contributed by atoms with Crippen LogP contribution >= 0.6 is 0 Å². The summed E-state index contributed by atoms with van der Waals surface area (Å²) in [5.74, 6) is 4.76. The lowest BCUT2D eigenvalue weighted by molar-refractivity contribution is 0.161. The van der Waals surface area contributed by atoms with Crippen LogP contribution in [0.15, 0.2) is 11.6 Å². The van der Waals surface area contributed by atoms with Crippen LogP contribution in [-0.2, 0) is 4.84 Å². The summed E-state index contributed by atoms with van der Waals surface area (Å²) in [6, 6.07) is 0. The van der Waals surface area contributed by atoms with Crippen LogP contribution in [0.5, 0.6) is 0 Å². The van der Waals surface area contributed by atoms with Crippen LogP contribution in [0.2, 0.25) is 0 Å². The molecule has 42 valence electrons. The topological polar surface area (TPSA) is 35.2 Å². The van der Waals surface area contributed by atoms with E-state index in [4.69, 9.17) is 5.90 Å². The zero-order valence-corrected chi connectivity index (χ0v) is 4.77. The molecule has 0 rings (SSSR count). The molecule has 0 aliphatic rings. The van der Waals surface area contributed by atoms with Gasteiger partial charge >= 0.3 is 0 Å². The van der Waals surface area contributed by atoms with Crippen molar-refractivity contribution in [2.75, 3.05) is 6.61 Å². The predicted molar refractivity (Wildman–Crippen MR) is 29.6 cm³/mol. The normalized spacial score (nSPS) is 12.1. The summed E-state index contributed by atoms with van der Waals surface area (Å²) in [4.78, 5) is 4.33. The fourth-order valence-electron chi connectivity index (χ4n) is 0.215. The smallest absolute Gasteiger partial charge is 0.0887 e. The third-order valence-electron chi connectivity index (χ3n) is 0.804. The molecule has 2 N–H and O–H groups in total. The van der Waals surface area contributed by atoms with Gasteiger partial charge in [0.05, 0.1) is 6.61 Å². The van der Waals surface area contributed by atoms with E-state index in [1.165, 1.54) is 0 Å². The van der Waals surface area contributed by atoms with Crippen LogP contribution in [0.4, 0.5) is 0 Å². The average Bonchev–Trinajstić information content (AvgIpc) is 1.68. The van der Waals surface area contributed by atoms with Gasteiger partial charge in [-0.2, -0.15) is 0 Å². The van der Waals surface area contributed by atoms with Gasteiger partial charge in [0.2, 0.25) is 0 Å². The second kappa shape index (κ2) is 3.84. The van der Waals surface area contributed by atoms with Crippen molar-refractivity contribution >= 4 is 0 Å². The molecule has 0 amide bonds. The highest BCUT2D eigenvalue weighted by atomic mass is 16.6. The lowest BCUT2D eigenvalue weighted by Gasteiger charge is -1.92. The number of hydrogen-bond donors (Lipinski definition) is 1. The Balaban J connectivity index is 3.17. The van der Waals surface area contributed by atoms with Crippen LogP contribution < -0.4 is 5.90 Å². The average molecular weight is 101 g/mol. The van der Waals surface area contributed by atoms with Gasteiger partial charge in [-0.3, -0.25) is 0 Å². The highest BCUT2D eigenvalue weighted by Gasteiger charge is 1.80.